The van der Waals surface area contributed by atoms with Crippen LogP contribution in [0.4, 0.5) is 11.4 Å². The third kappa shape index (κ3) is 17.0. The van der Waals surface area contributed by atoms with E-state index in [4.69, 9.17) is 15.3 Å². The van der Waals surface area contributed by atoms with Gasteiger partial charge in [-0.2, -0.15) is 0 Å². The minimum atomic E-state index is -1.18. The fourth-order valence-corrected chi connectivity index (χ4v) is 5.31. The summed E-state index contributed by atoms with van der Waals surface area (Å²) in [6.07, 6.45) is 0. The molecule has 0 aliphatic rings. The average molecular weight is 750 g/mol. The molecule has 0 aromatic heterocycles. The maximum Gasteiger partial charge on any atom is 0.317 e. The third-order valence-electron chi connectivity index (χ3n) is 7.49. The van der Waals surface area contributed by atoms with Gasteiger partial charge in [-0.05, 0) is 45.9 Å². The molecule has 5 N–H and O–H groups in total. The van der Waals surface area contributed by atoms with Crippen LogP contribution >= 0.6 is 0 Å². The number of nitrogens with one attached hydrogen (secondary N) is 2. The molecule has 0 heterocycles. The first kappa shape index (κ1) is 46.8. The Hall–Kier alpha value is -4.22. The molecule has 0 fully saturated rings. The largest absolute Gasteiger partial charge is 0.480 e. The number of amides is 2. The van der Waals surface area contributed by atoms with Gasteiger partial charge in [0.1, 0.15) is 0 Å². The van der Waals surface area contributed by atoms with E-state index in [1.54, 1.807) is 0 Å². The molecule has 2 aromatic rings. The summed E-state index contributed by atoms with van der Waals surface area (Å²) in [6, 6.07) is 11.7. The Bertz CT molecular complexity index is 1310. The fraction of sp³-hybridized carbons (Fsp3) is 0.486. The number of carbonyl (C=O) groups is 6. The number of hydrogen-bond acceptors (Lipinski definition) is 8. The molecule has 0 saturated heterocycles. The zero-order valence-corrected chi connectivity index (χ0v) is 32.1. The van der Waals surface area contributed by atoms with Crippen LogP contribution in [0, 0.1) is 6.92 Å². The van der Waals surface area contributed by atoms with Crippen molar-refractivity contribution in [1.82, 2.24) is 9.80 Å². The first-order valence-electron chi connectivity index (χ1n) is 16.5. The van der Waals surface area contributed by atoms with Gasteiger partial charge in [0.15, 0.2) is 0 Å². The van der Waals surface area contributed by atoms with Gasteiger partial charge in [-0.1, -0.05) is 91.8 Å². The molecule has 0 atom stereocenters. The normalized spacial score (nSPS) is 10.9. The minimum absolute atomic E-state index is 0. The van der Waals surface area contributed by atoms with E-state index < -0.39 is 49.2 Å². The van der Waals surface area contributed by atoms with Gasteiger partial charge in [0.05, 0.1) is 32.7 Å². The van der Waals surface area contributed by atoms with Gasteiger partial charge in [-0.3, -0.25) is 33.8 Å². The van der Waals surface area contributed by atoms with E-state index in [1.807, 2.05) is 91.8 Å². The average Bonchev–Trinajstić information content (AvgIpc) is 2.95. The van der Waals surface area contributed by atoms with E-state index in [9.17, 15) is 28.8 Å². The molecular weight excluding hydrogens is 696 g/mol. The van der Waals surface area contributed by atoms with Crippen molar-refractivity contribution in [2.75, 3.05) is 49.9 Å². The Morgan fingerprint density at radius 1 is 0.529 bits per heavy atom. The fourth-order valence-electron chi connectivity index (χ4n) is 5.31. The van der Waals surface area contributed by atoms with Crippen molar-refractivity contribution >= 4 is 46.9 Å². The van der Waals surface area contributed by atoms with Gasteiger partial charge >= 0.3 is 17.9 Å². The van der Waals surface area contributed by atoms with Crippen molar-refractivity contribution in [3.05, 3.63) is 65.6 Å². The number of carboxylic acids is 3. The van der Waals surface area contributed by atoms with E-state index in [0.717, 1.165) is 38.5 Å². The van der Waals surface area contributed by atoms with Crippen molar-refractivity contribution < 1.29 is 61.4 Å². The number of ketones is 1. The van der Waals surface area contributed by atoms with Gasteiger partial charge in [0.2, 0.25) is 11.8 Å². The van der Waals surface area contributed by atoms with Crippen molar-refractivity contribution in [1.29, 1.82) is 0 Å². The van der Waals surface area contributed by atoms with Crippen LogP contribution < -0.4 is 10.6 Å². The molecule has 51 heavy (non-hydrogen) atoms. The molecule has 2 amide bonds. The number of benzene rings is 2. The zero-order chi connectivity index (χ0) is 38.3. The molecule has 0 bridgehead atoms. The van der Waals surface area contributed by atoms with Gasteiger partial charge in [-0.15, -0.1) is 0 Å². The summed E-state index contributed by atoms with van der Waals surface area (Å²) >= 11 is 0. The summed E-state index contributed by atoms with van der Waals surface area (Å²) in [7, 11) is 0. The van der Waals surface area contributed by atoms with Gasteiger partial charge in [0, 0.05) is 41.1 Å². The number of hydrogen-bond donors (Lipinski definition) is 5. The molecule has 2 aromatic carbocycles. The summed E-state index contributed by atoms with van der Waals surface area (Å²) in [4.78, 5) is 71.0. The molecule has 0 aliphatic carbocycles. The SMILES string of the molecule is CC(C)c1cccc(C(C)C)c1NC(=O)CN(CC(=O)O)CC(=O)O.[CH2-]C(=O)CN(CC(=O)O)CC(=O)Nc1c(C(C)C)cccc1C(C)C.[Cr]. The molecule has 0 saturated carbocycles. The smallest absolute Gasteiger partial charge is 0.317 e. The topological polar surface area (TPSA) is 194 Å². The van der Waals surface area contributed by atoms with Gasteiger partial charge < -0.3 is 37.7 Å². The van der Waals surface area contributed by atoms with E-state index in [-0.39, 0.29) is 66.6 Å². The van der Waals surface area contributed by atoms with E-state index in [0.29, 0.717) is 0 Å². The minimum Gasteiger partial charge on any atom is -0.480 e. The Kier molecular flexibility index (Phi) is 20.7. The van der Waals surface area contributed by atoms with Crippen LogP contribution in [0.25, 0.3) is 0 Å². The number of nitrogens with zero attached hydrogens (tertiary/aromatic N) is 2. The summed E-state index contributed by atoms with van der Waals surface area (Å²) in [5.41, 5.74) is 5.53. The molecule has 282 valence electrons. The molecule has 2 rings (SSSR count). The number of para-hydroxylation sites is 2. The number of carbonyl (C=O) groups excluding carboxylic acids is 3. The second-order valence-electron chi connectivity index (χ2n) is 13.3. The predicted octanol–water partition coefficient (Wildman–Crippen LogP) is 5.00. The molecule has 0 aliphatic heterocycles. The van der Waals surface area contributed by atoms with Crippen molar-refractivity contribution in [2.45, 2.75) is 79.1 Å². The number of aliphatic carboxylic acids is 3. The maximum atomic E-state index is 12.5. The second kappa shape index (κ2) is 22.6. The Labute approximate surface area is 311 Å². The molecule has 13 nitrogen and oxygen atoms in total. The first-order chi connectivity index (χ1) is 23.2. The van der Waals surface area contributed by atoms with Crippen LogP contribution in [0.3, 0.4) is 0 Å². The van der Waals surface area contributed by atoms with Crippen LogP contribution in [0.5, 0.6) is 0 Å². The van der Waals surface area contributed by atoms with E-state index >= 15 is 0 Å². The maximum absolute atomic E-state index is 12.5. The van der Waals surface area contributed by atoms with Gasteiger partial charge in [-0.25, -0.2) is 0 Å². The summed E-state index contributed by atoms with van der Waals surface area (Å²) in [5, 5.41) is 32.4. The Balaban J connectivity index is 0.000000962. The van der Waals surface area contributed by atoms with E-state index in [1.165, 1.54) is 4.90 Å². The molecular formula is C37H53CrN4O9-. The molecule has 14 heteroatoms. The van der Waals surface area contributed by atoms with Crippen LogP contribution in [0.15, 0.2) is 36.4 Å². The van der Waals surface area contributed by atoms with Crippen LogP contribution in [0.1, 0.15) is 101 Å². The predicted molar refractivity (Wildman–Crippen MR) is 193 cm³/mol. The first-order valence-corrected chi connectivity index (χ1v) is 16.5. The van der Waals surface area contributed by atoms with Crippen LogP contribution in [-0.4, -0.2) is 99.9 Å². The Morgan fingerprint density at radius 2 is 0.784 bits per heavy atom. The van der Waals surface area contributed by atoms with E-state index in [2.05, 4.69) is 17.6 Å². The zero-order valence-electron chi connectivity index (χ0n) is 30.8. The quantitative estimate of drug-likeness (QED) is 0.129. The van der Waals surface area contributed by atoms with Crippen LogP contribution in [-0.2, 0) is 46.1 Å². The van der Waals surface area contributed by atoms with Crippen LogP contribution in [0.2, 0.25) is 0 Å². The van der Waals surface area contributed by atoms with Crippen molar-refractivity contribution in [3.63, 3.8) is 0 Å². The van der Waals surface area contributed by atoms with Crippen molar-refractivity contribution in [2.24, 2.45) is 0 Å². The number of carboxylic acid groups (broad SMARTS) is 3. The monoisotopic (exact) mass is 749 g/mol. The molecule has 0 radical (unpaired) electrons. The third-order valence-corrected chi connectivity index (χ3v) is 7.49. The summed E-state index contributed by atoms with van der Waals surface area (Å²) in [6.45, 7) is 17.5. The summed E-state index contributed by atoms with van der Waals surface area (Å²) in [5.74, 6) is -3.82. The summed E-state index contributed by atoms with van der Waals surface area (Å²) < 4.78 is 0. The number of anilines is 2. The standard InChI is InChI=1S/C19H27N2O4.C18H26N2O5.Cr/c1-12(2)15-7-6-8-16(13(3)4)19(15)20-17(23)10-21(9-14(5)22)11-18(24)25;1-11(2)13-6-5-7-14(12(3)4)18(13)19-15(21)8-20(9-16(22)23)10-17(24)25;/h6-8,12-13H,5,9-11H2,1-4H3,(H,20,23)(H,24,25);5-7,11-12H,8-10H2,1-4H3,(H,19,21)(H,22,23)(H,24,25);/q-1;;. The molecule has 0 unspecified atom stereocenters. The number of rotatable bonds is 18. The molecule has 0 spiro atoms. The Morgan fingerprint density at radius 3 is 1.00 bits per heavy atom. The van der Waals surface area contributed by atoms with Gasteiger partial charge in [0.25, 0.3) is 0 Å². The van der Waals surface area contributed by atoms with Crippen molar-refractivity contribution in [3.8, 4) is 0 Å². The second-order valence-corrected chi connectivity index (χ2v) is 13.3. The number of Topliss-reactive ketones (excluding diaryl/α,β-unsaturated/α-hetero) is 1.